The second kappa shape index (κ2) is 5.49. The summed E-state index contributed by atoms with van der Waals surface area (Å²) >= 11 is 0. The lowest BCUT2D eigenvalue weighted by atomic mass is 9.85. The molecule has 0 spiro atoms. The molecule has 0 fully saturated rings. The lowest BCUT2D eigenvalue weighted by Gasteiger charge is -2.25. The molecule has 0 amide bonds. The van der Waals surface area contributed by atoms with Crippen molar-refractivity contribution in [2.45, 2.75) is 19.8 Å². The zero-order valence-electron chi connectivity index (χ0n) is 11.6. The van der Waals surface area contributed by atoms with Gasteiger partial charge in [0.25, 0.3) is 0 Å². The normalized spacial score (nSPS) is 22.1. The average Bonchev–Trinajstić information content (AvgIpc) is 2.46. The summed E-state index contributed by atoms with van der Waals surface area (Å²) in [5, 5.41) is 0.917. The maximum atomic E-state index is 5.94. The van der Waals surface area contributed by atoms with Gasteiger partial charge in [-0.05, 0) is 36.8 Å². The van der Waals surface area contributed by atoms with Gasteiger partial charge in [-0.2, -0.15) is 4.98 Å². The van der Waals surface area contributed by atoms with E-state index in [1.165, 1.54) is 0 Å². The lowest BCUT2D eigenvalue weighted by Crippen LogP contribution is -2.21. The van der Waals surface area contributed by atoms with Crippen molar-refractivity contribution in [1.29, 1.82) is 0 Å². The number of rotatable bonds is 3. The third kappa shape index (κ3) is 2.59. The van der Waals surface area contributed by atoms with Crippen LogP contribution in [0.1, 0.15) is 19.8 Å². The van der Waals surface area contributed by atoms with Crippen LogP contribution in [0.2, 0.25) is 0 Å². The molecule has 2 N–H and O–H groups in total. The predicted octanol–water partition coefficient (Wildman–Crippen LogP) is 3.19. The van der Waals surface area contributed by atoms with E-state index in [1.54, 1.807) is 0 Å². The van der Waals surface area contributed by atoms with Gasteiger partial charge in [0.1, 0.15) is 0 Å². The minimum atomic E-state index is 0.260. The van der Waals surface area contributed by atoms with Crippen LogP contribution in [0, 0.1) is 11.8 Å². The van der Waals surface area contributed by atoms with Crippen LogP contribution in [0.5, 0.6) is 5.88 Å². The smallest absolute Gasteiger partial charge is 0.226 e. The van der Waals surface area contributed by atoms with E-state index in [0.717, 1.165) is 23.7 Å². The first kappa shape index (κ1) is 12.9. The number of para-hydroxylation sites is 1. The molecule has 2 unspecified atom stereocenters. The SMILES string of the molecule is CC1CC=CCC1COc1nc(N)nc2ccccc12. The fourth-order valence-electron chi connectivity index (χ4n) is 2.60. The summed E-state index contributed by atoms with van der Waals surface area (Å²) in [5.41, 5.74) is 6.57. The van der Waals surface area contributed by atoms with Crippen molar-refractivity contribution in [3.8, 4) is 5.88 Å². The number of fused-ring (bicyclic) bond motifs is 1. The molecule has 2 atom stereocenters. The van der Waals surface area contributed by atoms with Crippen LogP contribution in [0.3, 0.4) is 0 Å². The van der Waals surface area contributed by atoms with E-state index in [1.807, 2.05) is 24.3 Å². The molecule has 1 aliphatic rings. The Kier molecular flexibility index (Phi) is 3.54. The maximum Gasteiger partial charge on any atom is 0.226 e. The van der Waals surface area contributed by atoms with E-state index < -0.39 is 0 Å². The Labute approximate surface area is 118 Å². The van der Waals surface area contributed by atoms with Gasteiger partial charge < -0.3 is 10.5 Å². The highest BCUT2D eigenvalue weighted by Crippen LogP contribution is 2.28. The van der Waals surface area contributed by atoms with Gasteiger partial charge in [0.2, 0.25) is 11.8 Å². The number of hydrogen-bond acceptors (Lipinski definition) is 4. The first-order chi connectivity index (χ1) is 9.74. The topological polar surface area (TPSA) is 61.0 Å². The van der Waals surface area contributed by atoms with Gasteiger partial charge in [-0.1, -0.05) is 31.2 Å². The summed E-state index contributed by atoms with van der Waals surface area (Å²) in [6, 6.07) is 7.79. The summed E-state index contributed by atoms with van der Waals surface area (Å²) in [7, 11) is 0. The van der Waals surface area contributed by atoms with Crippen LogP contribution >= 0.6 is 0 Å². The summed E-state index contributed by atoms with van der Waals surface area (Å²) in [6.45, 7) is 2.94. The van der Waals surface area contributed by atoms with E-state index in [2.05, 4.69) is 29.0 Å². The molecule has 0 bridgehead atoms. The first-order valence-corrected chi connectivity index (χ1v) is 7.04. The molecule has 0 aliphatic heterocycles. The standard InChI is InChI=1S/C16H19N3O/c1-11-6-2-3-7-12(11)10-20-15-13-8-4-5-9-14(13)18-16(17)19-15/h2-5,8-9,11-12H,6-7,10H2,1H3,(H2,17,18,19). The van der Waals surface area contributed by atoms with E-state index in [-0.39, 0.29) is 5.95 Å². The molecule has 3 rings (SSSR count). The Morgan fingerprint density at radius 2 is 2.00 bits per heavy atom. The van der Waals surface area contributed by atoms with Crippen LogP contribution in [-0.2, 0) is 0 Å². The van der Waals surface area contributed by atoms with Crippen molar-refractivity contribution in [1.82, 2.24) is 9.97 Å². The van der Waals surface area contributed by atoms with Gasteiger partial charge in [-0.25, -0.2) is 4.98 Å². The molecule has 0 radical (unpaired) electrons. The van der Waals surface area contributed by atoms with Crippen molar-refractivity contribution in [3.05, 3.63) is 36.4 Å². The molecule has 1 aromatic carbocycles. The quantitative estimate of drug-likeness (QED) is 0.869. The number of aromatic nitrogens is 2. The van der Waals surface area contributed by atoms with Crippen molar-refractivity contribution in [2.24, 2.45) is 11.8 Å². The Morgan fingerprint density at radius 3 is 2.85 bits per heavy atom. The van der Waals surface area contributed by atoms with Gasteiger partial charge in [-0.3, -0.25) is 0 Å². The van der Waals surface area contributed by atoms with Crippen molar-refractivity contribution < 1.29 is 4.74 Å². The van der Waals surface area contributed by atoms with Crippen molar-refractivity contribution in [3.63, 3.8) is 0 Å². The monoisotopic (exact) mass is 269 g/mol. The Balaban J connectivity index is 1.82. The molecule has 4 heteroatoms. The molecule has 1 heterocycles. The average molecular weight is 269 g/mol. The number of anilines is 1. The molecule has 1 aromatic heterocycles. The Bertz CT molecular complexity index is 639. The van der Waals surface area contributed by atoms with Crippen LogP contribution in [0.25, 0.3) is 10.9 Å². The summed E-state index contributed by atoms with van der Waals surface area (Å²) in [5.74, 6) is 2.03. The lowest BCUT2D eigenvalue weighted by molar-refractivity contribution is 0.195. The number of nitrogens with two attached hydrogens (primary N) is 1. The van der Waals surface area contributed by atoms with Crippen LogP contribution < -0.4 is 10.5 Å². The molecular weight excluding hydrogens is 250 g/mol. The minimum absolute atomic E-state index is 0.260. The Morgan fingerprint density at radius 1 is 1.20 bits per heavy atom. The molecule has 2 aromatic rings. The number of ether oxygens (including phenoxy) is 1. The third-order valence-electron chi connectivity index (χ3n) is 3.94. The van der Waals surface area contributed by atoms with Crippen LogP contribution in [0.4, 0.5) is 5.95 Å². The molecule has 20 heavy (non-hydrogen) atoms. The second-order valence-electron chi connectivity index (χ2n) is 5.40. The molecule has 104 valence electrons. The zero-order valence-corrected chi connectivity index (χ0v) is 11.6. The van der Waals surface area contributed by atoms with Crippen LogP contribution in [0.15, 0.2) is 36.4 Å². The summed E-state index contributed by atoms with van der Waals surface area (Å²) < 4.78 is 5.94. The second-order valence-corrected chi connectivity index (χ2v) is 5.40. The Hall–Kier alpha value is -2.10. The molecule has 0 saturated carbocycles. The number of nitrogens with zero attached hydrogens (tertiary/aromatic N) is 2. The summed E-state index contributed by atoms with van der Waals surface area (Å²) in [6.07, 6.45) is 6.68. The number of allylic oxidation sites excluding steroid dienone is 2. The highest BCUT2D eigenvalue weighted by atomic mass is 16.5. The number of nitrogen functional groups attached to an aromatic ring is 1. The molecule has 0 saturated heterocycles. The summed E-state index contributed by atoms with van der Waals surface area (Å²) in [4.78, 5) is 8.46. The fraction of sp³-hybridized carbons (Fsp3) is 0.375. The van der Waals surface area contributed by atoms with Crippen LogP contribution in [-0.4, -0.2) is 16.6 Å². The predicted molar refractivity (Wildman–Crippen MR) is 80.5 cm³/mol. The molecule has 1 aliphatic carbocycles. The number of benzene rings is 1. The third-order valence-corrected chi connectivity index (χ3v) is 3.94. The van der Waals surface area contributed by atoms with Crippen molar-refractivity contribution >= 4 is 16.9 Å². The highest BCUT2D eigenvalue weighted by Gasteiger charge is 2.19. The van der Waals surface area contributed by atoms with Gasteiger partial charge >= 0.3 is 0 Å². The molecule has 4 nitrogen and oxygen atoms in total. The molecular formula is C16H19N3O. The van der Waals surface area contributed by atoms with E-state index in [0.29, 0.717) is 24.3 Å². The fourth-order valence-corrected chi connectivity index (χ4v) is 2.60. The highest BCUT2D eigenvalue weighted by molar-refractivity contribution is 5.84. The largest absolute Gasteiger partial charge is 0.477 e. The van der Waals surface area contributed by atoms with E-state index in [4.69, 9.17) is 10.5 Å². The van der Waals surface area contributed by atoms with E-state index >= 15 is 0 Å². The van der Waals surface area contributed by atoms with E-state index in [9.17, 15) is 0 Å². The maximum absolute atomic E-state index is 5.94. The van der Waals surface area contributed by atoms with Gasteiger partial charge in [0.15, 0.2) is 0 Å². The van der Waals surface area contributed by atoms with Gasteiger partial charge in [0.05, 0.1) is 17.5 Å². The minimum Gasteiger partial charge on any atom is -0.477 e. The van der Waals surface area contributed by atoms with Crippen molar-refractivity contribution in [2.75, 3.05) is 12.3 Å². The first-order valence-electron chi connectivity index (χ1n) is 7.04. The van der Waals surface area contributed by atoms with Gasteiger partial charge in [-0.15, -0.1) is 0 Å². The van der Waals surface area contributed by atoms with Gasteiger partial charge in [0, 0.05) is 0 Å². The zero-order chi connectivity index (χ0) is 13.9. The number of hydrogen-bond donors (Lipinski definition) is 1.